The zero-order valence-corrected chi connectivity index (χ0v) is 18.7. The smallest absolute Gasteiger partial charge is 0.263 e. The first-order valence-corrected chi connectivity index (χ1v) is 10.4. The van der Waals surface area contributed by atoms with E-state index in [0.717, 1.165) is 12.1 Å². The lowest BCUT2D eigenvalue weighted by molar-refractivity contribution is 0.102. The van der Waals surface area contributed by atoms with E-state index in [1.807, 2.05) is 33.0 Å². The van der Waals surface area contributed by atoms with Crippen LogP contribution in [0.2, 0.25) is 0 Å². The summed E-state index contributed by atoms with van der Waals surface area (Å²) in [5, 5.41) is 25.9. The van der Waals surface area contributed by atoms with Crippen molar-refractivity contribution >= 4 is 22.5 Å². The predicted molar refractivity (Wildman–Crippen MR) is 123 cm³/mol. The lowest BCUT2D eigenvalue weighted by Crippen LogP contribution is -2.25. The molecule has 2 heterocycles. The van der Waals surface area contributed by atoms with Crippen molar-refractivity contribution in [3.05, 3.63) is 81.9 Å². The highest BCUT2D eigenvalue weighted by Crippen LogP contribution is 2.24. The van der Waals surface area contributed by atoms with Crippen LogP contribution in [0.5, 0.6) is 5.75 Å². The lowest BCUT2D eigenvalue weighted by atomic mass is 10.1. The number of benzene rings is 2. The summed E-state index contributed by atoms with van der Waals surface area (Å²) in [6.07, 6.45) is 3.26. The van der Waals surface area contributed by atoms with Crippen LogP contribution in [0, 0.1) is 17.1 Å². The standard InChI is InChI=1S/C24H21FN6O3/c1-24(2,3)31-8-7-16(29-31)12-30-13-27-18-5-4-6-19(20(18)23(30)34)28-22(33)14-9-15(11-26)21(32)17(25)10-14/h4-10,13,32H,12H2,1-3H3,(H,28,33). The number of hydrogen-bond acceptors (Lipinski definition) is 6. The Morgan fingerprint density at radius 3 is 2.71 bits per heavy atom. The molecule has 9 nitrogen and oxygen atoms in total. The fraction of sp³-hybridized carbons (Fsp3) is 0.208. The van der Waals surface area contributed by atoms with Crippen molar-refractivity contribution in [3.63, 3.8) is 0 Å². The minimum atomic E-state index is -1.10. The van der Waals surface area contributed by atoms with E-state index in [2.05, 4.69) is 15.4 Å². The normalized spacial score (nSPS) is 11.4. The number of carbonyl (C=O) groups excluding carboxylic acids is 1. The van der Waals surface area contributed by atoms with Crippen molar-refractivity contribution in [2.45, 2.75) is 32.9 Å². The number of nitrogens with one attached hydrogen (secondary N) is 1. The minimum absolute atomic E-state index is 0.174. The molecule has 2 aromatic carbocycles. The molecule has 172 valence electrons. The van der Waals surface area contributed by atoms with Gasteiger partial charge in [0.05, 0.1) is 46.3 Å². The Balaban J connectivity index is 1.70. The van der Waals surface area contributed by atoms with Crippen LogP contribution < -0.4 is 10.9 Å². The molecule has 0 aliphatic heterocycles. The van der Waals surface area contributed by atoms with Crippen LogP contribution in [0.25, 0.3) is 10.9 Å². The van der Waals surface area contributed by atoms with Crippen LogP contribution in [-0.4, -0.2) is 30.3 Å². The average Bonchev–Trinajstić information content (AvgIpc) is 3.27. The van der Waals surface area contributed by atoms with Gasteiger partial charge in [-0.05, 0) is 51.1 Å². The quantitative estimate of drug-likeness (QED) is 0.481. The van der Waals surface area contributed by atoms with Gasteiger partial charge in [0.1, 0.15) is 6.07 Å². The molecule has 0 spiro atoms. The SMILES string of the molecule is CC(C)(C)n1ccc(Cn2cnc3cccc(NC(=O)c4cc(F)c(O)c(C#N)c4)c3c2=O)n1. The molecule has 0 atom stereocenters. The second kappa shape index (κ2) is 8.44. The van der Waals surface area contributed by atoms with Crippen LogP contribution in [0.1, 0.15) is 42.4 Å². The van der Waals surface area contributed by atoms with Gasteiger partial charge in [0.15, 0.2) is 11.6 Å². The maximum atomic E-state index is 13.9. The van der Waals surface area contributed by atoms with E-state index < -0.39 is 17.5 Å². The van der Waals surface area contributed by atoms with Crippen molar-refractivity contribution in [1.29, 1.82) is 5.26 Å². The van der Waals surface area contributed by atoms with Gasteiger partial charge < -0.3 is 10.4 Å². The third-order valence-electron chi connectivity index (χ3n) is 5.21. The zero-order valence-electron chi connectivity index (χ0n) is 18.7. The Bertz CT molecular complexity index is 1520. The molecule has 0 aliphatic carbocycles. The Morgan fingerprint density at radius 1 is 1.26 bits per heavy atom. The molecule has 2 N–H and O–H groups in total. The summed E-state index contributed by atoms with van der Waals surface area (Å²) in [7, 11) is 0. The summed E-state index contributed by atoms with van der Waals surface area (Å²) in [4.78, 5) is 30.4. The van der Waals surface area contributed by atoms with E-state index >= 15 is 0 Å². The van der Waals surface area contributed by atoms with Crippen LogP contribution in [-0.2, 0) is 12.1 Å². The van der Waals surface area contributed by atoms with Crippen molar-refractivity contribution in [2.24, 2.45) is 0 Å². The van der Waals surface area contributed by atoms with Crippen molar-refractivity contribution in [1.82, 2.24) is 19.3 Å². The van der Waals surface area contributed by atoms with Gasteiger partial charge in [0.2, 0.25) is 0 Å². The van der Waals surface area contributed by atoms with Crippen LogP contribution in [0.3, 0.4) is 0 Å². The summed E-state index contributed by atoms with van der Waals surface area (Å²) >= 11 is 0. The fourth-order valence-corrected chi connectivity index (χ4v) is 3.42. The first kappa shape index (κ1) is 22.7. The number of fused-ring (bicyclic) bond motifs is 1. The summed E-state index contributed by atoms with van der Waals surface area (Å²) in [6.45, 7) is 6.23. The van der Waals surface area contributed by atoms with Gasteiger partial charge in [-0.3, -0.25) is 18.8 Å². The van der Waals surface area contributed by atoms with E-state index in [-0.39, 0.29) is 39.8 Å². The third-order valence-corrected chi connectivity index (χ3v) is 5.21. The Hall–Kier alpha value is -4.52. The number of nitrogens with zero attached hydrogens (tertiary/aromatic N) is 5. The van der Waals surface area contributed by atoms with Gasteiger partial charge in [-0.25, -0.2) is 9.37 Å². The number of carbonyl (C=O) groups is 1. The molecule has 0 saturated carbocycles. The number of aromatic hydroxyl groups is 1. The minimum Gasteiger partial charge on any atom is -0.504 e. The number of anilines is 1. The number of phenolic OH excluding ortho intramolecular Hbond substituents is 1. The van der Waals surface area contributed by atoms with E-state index in [9.17, 15) is 19.1 Å². The van der Waals surface area contributed by atoms with Gasteiger partial charge >= 0.3 is 0 Å². The zero-order chi connectivity index (χ0) is 24.6. The third kappa shape index (κ3) is 4.23. The molecule has 4 aromatic rings. The van der Waals surface area contributed by atoms with Gasteiger partial charge in [-0.15, -0.1) is 0 Å². The second-order valence-electron chi connectivity index (χ2n) is 8.72. The second-order valence-corrected chi connectivity index (χ2v) is 8.72. The molecular formula is C24H21FN6O3. The lowest BCUT2D eigenvalue weighted by Gasteiger charge is -2.18. The molecule has 2 aromatic heterocycles. The molecule has 1 amide bonds. The average molecular weight is 460 g/mol. The largest absolute Gasteiger partial charge is 0.504 e. The maximum absolute atomic E-state index is 13.9. The molecule has 0 aliphatic rings. The van der Waals surface area contributed by atoms with Gasteiger partial charge in [0, 0.05) is 11.8 Å². The molecule has 0 fully saturated rings. The Kier molecular flexibility index (Phi) is 5.63. The fourth-order valence-electron chi connectivity index (χ4n) is 3.42. The molecule has 0 unspecified atom stereocenters. The highest BCUT2D eigenvalue weighted by molar-refractivity contribution is 6.08. The van der Waals surface area contributed by atoms with E-state index in [1.165, 1.54) is 17.0 Å². The van der Waals surface area contributed by atoms with Crippen LogP contribution >= 0.6 is 0 Å². The molecule has 4 rings (SSSR count). The Morgan fingerprint density at radius 2 is 2.03 bits per heavy atom. The molecule has 34 heavy (non-hydrogen) atoms. The number of nitriles is 1. The van der Waals surface area contributed by atoms with Gasteiger partial charge in [-0.1, -0.05) is 6.07 Å². The number of hydrogen-bond donors (Lipinski definition) is 2. The summed E-state index contributed by atoms with van der Waals surface area (Å²) in [5.74, 6) is -2.67. The van der Waals surface area contributed by atoms with Crippen LogP contribution in [0.4, 0.5) is 10.1 Å². The van der Waals surface area contributed by atoms with Crippen molar-refractivity contribution in [3.8, 4) is 11.8 Å². The highest BCUT2D eigenvalue weighted by atomic mass is 19.1. The topological polar surface area (TPSA) is 126 Å². The predicted octanol–water partition coefficient (Wildman–Crippen LogP) is 3.36. The molecular weight excluding hydrogens is 439 g/mol. The number of rotatable bonds is 4. The summed E-state index contributed by atoms with van der Waals surface area (Å²) < 4.78 is 17.1. The van der Waals surface area contributed by atoms with E-state index in [1.54, 1.807) is 22.9 Å². The summed E-state index contributed by atoms with van der Waals surface area (Å²) in [6, 6.07) is 10.1. The molecule has 0 bridgehead atoms. The van der Waals surface area contributed by atoms with Gasteiger partial charge in [-0.2, -0.15) is 10.4 Å². The van der Waals surface area contributed by atoms with E-state index in [0.29, 0.717) is 11.2 Å². The number of amides is 1. The highest BCUT2D eigenvalue weighted by Gasteiger charge is 2.18. The van der Waals surface area contributed by atoms with Crippen molar-refractivity contribution in [2.75, 3.05) is 5.32 Å². The number of phenols is 1. The molecule has 10 heteroatoms. The number of aromatic nitrogens is 4. The van der Waals surface area contributed by atoms with E-state index in [4.69, 9.17) is 5.26 Å². The summed E-state index contributed by atoms with van der Waals surface area (Å²) in [5.41, 5.74) is 0.0728. The molecule has 0 radical (unpaired) electrons. The Labute approximate surface area is 193 Å². The maximum Gasteiger partial charge on any atom is 0.263 e. The van der Waals surface area contributed by atoms with Crippen LogP contribution in [0.15, 0.2) is 53.7 Å². The van der Waals surface area contributed by atoms with Gasteiger partial charge in [0.25, 0.3) is 11.5 Å². The monoisotopic (exact) mass is 460 g/mol. The first-order valence-electron chi connectivity index (χ1n) is 10.4. The molecule has 0 saturated heterocycles. The first-order chi connectivity index (χ1) is 16.1. The van der Waals surface area contributed by atoms with Crippen molar-refractivity contribution < 1.29 is 14.3 Å². The number of halogens is 1.